The molecule has 6 heteroatoms. The third-order valence-electron chi connectivity index (χ3n) is 2.99. The number of carbonyl (C=O) groups excluding carboxylic acids is 1. The maximum Gasteiger partial charge on any atom is 0.303 e. The minimum absolute atomic E-state index is 0.0128. The Kier molecular flexibility index (Phi) is 5.20. The van der Waals surface area contributed by atoms with Gasteiger partial charge in [0.1, 0.15) is 11.5 Å². The number of hydrogen-bond acceptors (Lipinski definition) is 4. The molecule has 0 saturated heterocycles. The van der Waals surface area contributed by atoms with E-state index in [4.69, 9.17) is 13.9 Å². The van der Waals surface area contributed by atoms with Crippen molar-refractivity contribution in [3.05, 3.63) is 48.3 Å². The number of hydrogen-bond donors (Lipinski definition) is 1. The van der Waals surface area contributed by atoms with Crippen LogP contribution in [0.4, 0.5) is 0 Å². The zero-order valence-corrected chi connectivity index (χ0v) is 11.5. The molecule has 0 bridgehead atoms. The Balaban J connectivity index is 1.96. The van der Waals surface area contributed by atoms with E-state index in [0.717, 1.165) is 0 Å². The van der Waals surface area contributed by atoms with Gasteiger partial charge in [-0.2, -0.15) is 0 Å². The highest BCUT2D eigenvalue weighted by molar-refractivity contribution is 5.76. The summed E-state index contributed by atoms with van der Waals surface area (Å²) in [4.78, 5) is 24.3. The number of rotatable bonds is 8. The molecular weight excluding hydrogens is 274 g/mol. The molecule has 0 aliphatic rings. The quantitative estimate of drug-likeness (QED) is 0.808. The molecule has 0 aromatic carbocycles. The number of carbonyl (C=O) groups is 2. The lowest BCUT2D eigenvalue weighted by atomic mass is 10.2. The van der Waals surface area contributed by atoms with Crippen LogP contribution in [0.2, 0.25) is 0 Å². The fraction of sp³-hybridized carbons (Fsp3) is 0.333. The first-order chi connectivity index (χ1) is 10.1. The minimum atomic E-state index is -0.897. The van der Waals surface area contributed by atoms with Gasteiger partial charge in [-0.05, 0) is 30.7 Å². The Hall–Kier alpha value is -2.50. The average Bonchev–Trinajstić information content (AvgIpc) is 3.10. The normalized spacial score (nSPS) is 10.5. The van der Waals surface area contributed by atoms with Crippen molar-refractivity contribution in [1.29, 1.82) is 0 Å². The van der Waals surface area contributed by atoms with E-state index < -0.39 is 5.97 Å². The molecule has 0 aliphatic carbocycles. The largest absolute Gasteiger partial charge is 0.481 e. The lowest BCUT2D eigenvalue weighted by Crippen LogP contribution is -2.29. The van der Waals surface area contributed by atoms with Crippen LogP contribution in [0.15, 0.2) is 45.6 Å². The molecule has 2 rings (SSSR count). The Morgan fingerprint density at radius 1 is 1.00 bits per heavy atom. The van der Waals surface area contributed by atoms with Crippen LogP contribution in [-0.2, 0) is 22.7 Å². The fourth-order valence-corrected chi connectivity index (χ4v) is 1.96. The van der Waals surface area contributed by atoms with Crippen molar-refractivity contribution in [2.75, 3.05) is 0 Å². The lowest BCUT2D eigenvalue weighted by molar-refractivity contribution is -0.137. The molecule has 2 aromatic heterocycles. The summed E-state index contributed by atoms with van der Waals surface area (Å²) >= 11 is 0. The Bertz CT molecular complexity index is 523. The molecule has 0 unspecified atom stereocenters. The van der Waals surface area contributed by atoms with Crippen LogP contribution in [0.25, 0.3) is 0 Å². The first-order valence-electron chi connectivity index (χ1n) is 6.69. The van der Waals surface area contributed by atoms with Gasteiger partial charge in [-0.3, -0.25) is 9.59 Å². The number of carboxylic acid groups (broad SMARTS) is 1. The van der Waals surface area contributed by atoms with E-state index in [9.17, 15) is 9.59 Å². The van der Waals surface area contributed by atoms with Gasteiger partial charge in [0.2, 0.25) is 5.91 Å². The maximum absolute atomic E-state index is 12.2. The van der Waals surface area contributed by atoms with Gasteiger partial charge in [0, 0.05) is 12.8 Å². The maximum atomic E-state index is 12.2. The second kappa shape index (κ2) is 7.33. The minimum Gasteiger partial charge on any atom is -0.481 e. The van der Waals surface area contributed by atoms with Crippen molar-refractivity contribution >= 4 is 11.9 Å². The molecule has 0 radical (unpaired) electrons. The summed E-state index contributed by atoms with van der Waals surface area (Å²) in [6.07, 6.45) is 3.60. The summed E-state index contributed by atoms with van der Waals surface area (Å²) in [7, 11) is 0. The molecule has 2 heterocycles. The summed E-state index contributed by atoms with van der Waals surface area (Å²) in [5.41, 5.74) is 0. The van der Waals surface area contributed by atoms with Crippen molar-refractivity contribution in [2.24, 2.45) is 0 Å². The predicted molar refractivity (Wildman–Crippen MR) is 73.2 cm³/mol. The summed E-state index contributed by atoms with van der Waals surface area (Å²) in [5.74, 6) is 0.330. The number of carboxylic acids is 1. The molecule has 0 spiro atoms. The first kappa shape index (κ1) is 14.9. The standard InChI is InChI=1S/C15H17NO5/c17-14(6-1-7-15(18)19)16(10-12-4-2-8-20-12)11-13-5-3-9-21-13/h2-5,8-9H,1,6-7,10-11H2,(H,18,19). The van der Waals surface area contributed by atoms with Crippen LogP contribution in [0.1, 0.15) is 30.8 Å². The highest BCUT2D eigenvalue weighted by atomic mass is 16.4. The van der Waals surface area contributed by atoms with Crippen LogP contribution in [0.3, 0.4) is 0 Å². The Morgan fingerprint density at radius 2 is 1.57 bits per heavy atom. The fourth-order valence-electron chi connectivity index (χ4n) is 1.96. The van der Waals surface area contributed by atoms with Crippen LogP contribution in [-0.4, -0.2) is 21.9 Å². The molecule has 2 aromatic rings. The second-order valence-corrected chi connectivity index (χ2v) is 4.66. The summed E-state index contributed by atoms with van der Waals surface area (Å²) < 4.78 is 10.5. The van der Waals surface area contributed by atoms with Crippen molar-refractivity contribution in [1.82, 2.24) is 4.90 Å². The molecule has 0 fully saturated rings. The first-order valence-corrected chi connectivity index (χ1v) is 6.69. The third-order valence-corrected chi connectivity index (χ3v) is 2.99. The van der Waals surface area contributed by atoms with Gasteiger partial charge in [0.15, 0.2) is 0 Å². The summed E-state index contributed by atoms with van der Waals surface area (Å²) in [6.45, 7) is 0.666. The monoisotopic (exact) mass is 291 g/mol. The lowest BCUT2D eigenvalue weighted by Gasteiger charge is -2.20. The molecular formula is C15H17NO5. The SMILES string of the molecule is O=C(O)CCCC(=O)N(Cc1ccco1)Cc1ccco1. The summed E-state index contributed by atoms with van der Waals surface area (Å²) in [6, 6.07) is 7.10. The average molecular weight is 291 g/mol. The van der Waals surface area contributed by atoms with Crippen LogP contribution in [0, 0.1) is 0 Å². The number of aliphatic carboxylic acids is 1. The second-order valence-electron chi connectivity index (χ2n) is 4.66. The van der Waals surface area contributed by atoms with E-state index in [-0.39, 0.29) is 18.7 Å². The zero-order valence-electron chi connectivity index (χ0n) is 11.5. The van der Waals surface area contributed by atoms with Gasteiger partial charge in [-0.15, -0.1) is 0 Å². The number of amides is 1. The Labute approximate surface area is 122 Å². The van der Waals surface area contributed by atoms with Gasteiger partial charge in [-0.1, -0.05) is 0 Å². The van der Waals surface area contributed by atoms with Gasteiger partial charge in [0.25, 0.3) is 0 Å². The highest BCUT2D eigenvalue weighted by Crippen LogP contribution is 2.13. The van der Waals surface area contributed by atoms with E-state index in [2.05, 4.69) is 0 Å². The van der Waals surface area contributed by atoms with Crippen LogP contribution in [0.5, 0.6) is 0 Å². The van der Waals surface area contributed by atoms with Crippen molar-refractivity contribution in [2.45, 2.75) is 32.4 Å². The zero-order chi connectivity index (χ0) is 15.1. The van der Waals surface area contributed by atoms with Crippen molar-refractivity contribution in [3.63, 3.8) is 0 Å². The van der Waals surface area contributed by atoms with E-state index in [0.29, 0.717) is 31.0 Å². The van der Waals surface area contributed by atoms with E-state index in [1.807, 2.05) is 0 Å². The van der Waals surface area contributed by atoms with E-state index in [1.165, 1.54) is 0 Å². The topological polar surface area (TPSA) is 83.9 Å². The molecule has 0 aliphatic heterocycles. The van der Waals surface area contributed by atoms with E-state index in [1.54, 1.807) is 41.7 Å². The van der Waals surface area contributed by atoms with Crippen molar-refractivity contribution < 1.29 is 23.5 Å². The molecule has 0 atom stereocenters. The summed E-state index contributed by atoms with van der Waals surface area (Å²) in [5, 5.41) is 8.62. The predicted octanol–water partition coefficient (Wildman–Crippen LogP) is 2.66. The van der Waals surface area contributed by atoms with Crippen molar-refractivity contribution in [3.8, 4) is 0 Å². The molecule has 1 amide bonds. The van der Waals surface area contributed by atoms with E-state index >= 15 is 0 Å². The molecule has 6 nitrogen and oxygen atoms in total. The van der Waals surface area contributed by atoms with Crippen LogP contribution < -0.4 is 0 Å². The Morgan fingerprint density at radius 3 is 2.00 bits per heavy atom. The van der Waals surface area contributed by atoms with Gasteiger partial charge in [-0.25, -0.2) is 0 Å². The van der Waals surface area contributed by atoms with Crippen LogP contribution >= 0.6 is 0 Å². The number of furan rings is 2. The molecule has 1 N–H and O–H groups in total. The molecule has 112 valence electrons. The molecule has 0 saturated carbocycles. The van der Waals surface area contributed by atoms with Gasteiger partial charge >= 0.3 is 5.97 Å². The highest BCUT2D eigenvalue weighted by Gasteiger charge is 2.17. The van der Waals surface area contributed by atoms with Gasteiger partial charge in [0.05, 0.1) is 25.6 Å². The third kappa shape index (κ3) is 4.83. The van der Waals surface area contributed by atoms with Gasteiger partial charge < -0.3 is 18.8 Å². The molecule has 21 heavy (non-hydrogen) atoms. The number of nitrogens with zero attached hydrogens (tertiary/aromatic N) is 1. The smallest absolute Gasteiger partial charge is 0.303 e.